The molecule has 0 saturated carbocycles. The van der Waals surface area contributed by atoms with Gasteiger partial charge in [-0.15, -0.1) is 0 Å². The topological polar surface area (TPSA) is 92.5 Å². The van der Waals surface area contributed by atoms with Crippen molar-refractivity contribution in [3.8, 4) is 0 Å². The fourth-order valence-electron chi connectivity index (χ4n) is 3.43. The van der Waals surface area contributed by atoms with Crippen molar-refractivity contribution < 1.29 is 14.5 Å². The van der Waals surface area contributed by atoms with Crippen molar-refractivity contribution in [2.24, 2.45) is 0 Å². The second-order valence-electron chi connectivity index (χ2n) is 6.76. The van der Waals surface area contributed by atoms with Crippen molar-refractivity contribution in [2.75, 3.05) is 7.05 Å². The largest absolute Gasteiger partial charge is 0.336 e. The number of likely N-dealkylation sites (N-methyl/N-ethyl adjacent to an activating group) is 1. The molecule has 3 rings (SSSR count). The van der Waals surface area contributed by atoms with Crippen LogP contribution in [0, 0.1) is 10.1 Å². The average Bonchev–Trinajstić information content (AvgIpc) is 2.70. The minimum atomic E-state index is -1.05. The molecule has 0 radical (unpaired) electrons. The maximum absolute atomic E-state index is 13.2. The van der Waals surface area contributed by atoms with Gasteiger partial charge >= 0.3 is 0 Å². The number of para-hydroxylation sites is 1. The Balaban J connectivity index is 1.97. The Bertz CT molecular complexity index is 955. The summed E-state index contributed by atoms with van der Waals surface area (Å²) in [6.45, 7) is 1.85. The zero-order valence-corrected chi connectivity index (χ0v) is 15.7. The molecule has 2 aromatic carbocycles. The molecule has 2 aromatic rings. The summed E-state index contributed by atoms with van der Waals surface area (Å²) in [4.78, 5) is 38.1. The highest BCUT2D eigenvalue weighted by Crippen LogP contribution is 2.29. The van der Waals surface area contributed by atoms with Gasteiger partial charge in [0, 0.05) is 19.5 Å². The Morgan fingerprint density at radius 3 is 2.39 bits per heavy atom. The van der Waals surface area contributed by atoms with Crippen molar-refractivity contribution in [1.29, 1.82) is 0 Å². The van der Waals surface area contributed by atoms with Crippen LogP contribution in [-0.4, -0.2) is 34.2 Å². The molecule has 7 nitrogen and oxygen atoms in total. The molecule has 28 heavy (non-hydrogen) atoms. The van der Waals surface area contributed by atoms with Gasteiger partial charge in [-0.3, -0.25) is 19.7 Å². The fraction of sp³-hybridized carbons (Fsp3) is 0.238. The molecule has 1 unspecified atom stereocenters. The molecule has 2 amide bonds. The quantitative estimate of drug-likeness (QED) is 0.491. The minimum Gasteiger partial charge on any atom is -0.336 e. The number of benzene rings is 2. The first-order chi connectivity index (χ1) is 13.4. The molecule has 144 valence electrons. The third kappa shape index (κ3) is 3.51. The van der Waals surface area contributed by atoms with Crippen LogP contribution in [0.5, 0.6) is 0 Å². The predicted molar refractivity (Wildman–Crippen MR) is 105 cm³/mol. The van der Waals surface area contributed by atoms with E-state index in [0.29, 0.717) is 12.8 Å². The number of nitro benzene ring substituents is 1. The highest BCUT2D eigenvalue weighted by molar-refractivity contribution is 6.09. The van der Waals surface area contributed by atoms with E-state index in [1.807, 2.05) is 37.3 Å². The zero-order chi connectivity index (χ0) is 20.3. The van der Waals surface area contributed by atoms with Gasteiger partial charge in [-0.1, -0.05) is 49.4 Å². The van der Waals surface area contributed by atoms with Gasteiger partial charge in [0.05, 0.1) is 10.5 Å². The highest BCUT2D eigenvalue weighted by Gasteiger charge is 2.46. The van der Waals surface area contributed by atoms with Crippen molar-refractivity contribution >= 4 is 23.6 Å². The minimum absolute atomic E-state index is 0.0800. The van der Waals surface area contributed by atoms with Crippen molar-refractivity contribution in [3.05, 3.63) is 81.5 Å². The van der Waals surface area contributed by atoms with E-state index in [1.165, 1.54) is 24.1 Å². The van der Waals surface area contributed by atoms with Crippen LogP contribution in [0.3, 0.4) is 0 Å². The van der Waals surface area contributed by atoms with E-state index >= 15 is 0 Å². The molecule has 1 aliphatic rings. The first-order valence-corrected chi connectivity index (χ1v) is 8.97. The van der Waals surface area contributed by atoms with Crippen LogP contribution in [0.2, 0.25) is 0 Å². The van der Waals surface area contributed by atoms with Gasteiger partial charge in [0.1, 0.15) is 11.2 Å². The van der Waals surface area contributed by atoms with Crippen LogP contribution in [0.15, 0.2) is 60.3 Å². The van der Waals surface area contributed by atoms with Gasteiger partial charge in [-0.05, 0) is 24.1 Å². The smallest absolute Gasteiger partial charge is 0.276 e. The van der Waals surface area contributed by atoms with Gasteiger partial charge in [0.2, 0.25) is 0 Å². The van der Waals surface area contributed by atoms with Gasteiger partial charge in [-0.2, -0.15) is 0 Å². The maximum Gasteiger partial charge on any atom is 0.276 e. The molecular weight excluding hydrogens is 358 g/mol. The SMILES string of the molecule is CCC1(Cc2ccccc2)NC(=O)/C(=C\c2ccccc2[N+](=O)[O-])N(C)C1=O. The van der Waals surface area contributed by atoms with E-state index in [1.54, 1.807) is 18.2 Å². The average molecular weight is 379 g/mol. The summed E-state index contributed by atoms with van der Waals surface area (Å²) in [7, 11) is 1.52. The van der Waals surface area contributed by atoms with Crippen LogP contribution in [0.4, 0.5) is 5.69 Å². The molecule has 7 heteroatoms. The summed E-state index contributed by atoms with van der Waals surface area (Å²) < 4.78 is 0. The van der Waals surface area contributed by atoms with E-state index in [9.17, 15) is 19.7 Å². The lowest BCUT2D eigenvalue weighted by molar-refractivity contribution is -0.385. The Hall–Kier alpha value is -3.48. The van der Waals surface area contributed by atoms with E-state index in [0.717, 1.165) is 5.56 Å². The number of carbonyl (C=O) groups is 2. The van der Waals surface area contributed by atoms with Gasteiger partial charge < -0.3 is 10.2 Å². The first kappa shape index (κ1) is 19.3. The van der Waals surface area contributed by atoms with E-state index < -0.39 is 16.4 Å². The summed E-state index contributed by atoms with van der Waals surface area (Å²) in [6, 6.07) is 15.6. The third-order valence-electron chi connectivity index (χ3n) is 5.04. The van der Waals surface area contributed by atoms with E-state index in [4.69, 9.17) is 0 Å². The molecule has 1 fully saturated rings. The van der Waals surface area contributed by atoms with Crippen LogP contribution in [-0.2, 0) is 16.0 Å². The molecule has 0 bridgehead atoms. The highest BCUT2D eigenvalue weighted by atomic mass is 16.6. The number of amides is 2. The third-order valence-corrected chi connectivity index (χ3v) is 5.04. The van der Waals surface area contributed by atoms with Gasteiger partial charge in [0.25, 0.3) is 17.5 Å². The first-order valence-electron chi connectivity index (χ1n) is 8.97. The molecule has 0 aromatic heterocycles. The lowest BCUT2D eigenvalue weighted by Gasteiger charge is -2.41. The molecular formula is C21H21N3O4. The van der Waals surface area contributed by atoms with Crippen LogP contribution >= 0.6 is 0 Å². The summed E-state index contributed by atoms with van der Waals surface area (Å²) in [5.41, 5.74) is 0.117. The second kappa shape index (κ2) is 7.64. The molecule has 1 heterocycles. The summed E-state index contributed by atoms with van der Waals surface area (Å²) in [5, 5.41) is 14.1. The zero-order valence-electron chi connectivity index (χ0n) is 15.7. The lowest BCUT2D eigenvalue weighted by Crippen LogP contribution is -2.65. The standard InChI is InChI=1S/C21H21N3O4/c1-3-21(14-15-9-5-4-6-10-15)20(26)23(2)18(19(25)22-21)13-16-11-7-8-12-17(16)24(27)28/h4-13H,3,14H2,1-2H3,(H,22,25)/b18-13+. The number of rotatable bonds is 5. The van der Waals surface area contributed by atoms with Crippen LogP contribution in [0.25, 0.3) is 6.08 Å². The van der Waals surface area contributed by atoms with Gasteiger partial charge in [-0.25, -0.2) is 0 Å². The number of nitrogens with one attached hydrogen (secondary N) is 1. The number of carbonyl (C=O) groups excluding carboxylic acids is 2. The van der Waals surface area contributed by atoms with Crippen molar-refractivity contribution in [3.63, 3.8) is 0 Å². The van der Waals surface area contributed by atoms with E-state index in [2.05, 4.69) is 5.32 Å². The number of piperazine rings is 1. The molecule has 0 aliphatic carbocycles. The van der Waals surface area contributed by atoms with Crippen molar-refractivity contribution in [1.82, 2.24) is 10.2 Å². The second-order valence-corrected chi connectivity index (χ2v) is 6.76. The number of nitro groups is 1. The van der Waals surface area contributed by atoms with Crippen molar-refractivity contribution in [2.45, 2.75) is 25.3 Å². The normalized spacial score (nSPS) is 20.9. The van der Waals surface area contributed by atoms with E-state index in [-0.39, 0.29) is 22.9 Å². The molecule has 1 N–H and O–H groups in total. The van der Waals surface area contributed by atoms with Crippen LogP contribution < -0.4 is 5.32 Å². The molecule has 1 aliphatic heterocycles. The molecule has 0 spiro atoms. The predicted octanol–water partition coefficient (Wildman–Crippen LogP) is 2.92. The molecule has 1 atom stereocenters. The summed E-state index contributed by atoms with van der Waals surface area (Å²) >= 11 is 0. The monoisotopic (exact) mass is 379 g/mol. The Labute approximate surface area is 162 Å². The van der Waals surface area contributed by atoms with Gasteiger partial charge in [0.15, 0.2) is 0 Å². The summed E-state index contributed by atoms with van der Waals surface area (Å²) in [6.07, 6.45) is 2.18. The number of nitrogens with zero attached hydrogens (tertiary/aromatic N) is 2. The Morgan fingerprint density at radius 2 is 1.75 bits per heavy atom. The van der Waals surface area contributed by atoms with Crippen LogP contribution in [0.1, 0.15) is 24.5 Å². The summed E-state index contributed by atoms with van der Waals surface area (Å²) in [5.74, 6) is -0.679. The maximum atomic E-state index is 13.2. The number of hydrogen-bond donors (Lipinski definition) is 1. The fourth-order valence-corrected chi connectivity index (χ4v) is 3.43. The lowest BCUT2D eigenvalue weighted by atomic mass is 9.84. The Kier molecular flexibility index (Phi) is 5.26. The Morgan fingerprint density at radius 1 is 1.11 bits per heavy atom. The number of hydrogen-bond acceptors (Lipinski definition) is 4. The molecule has 1 saturated heterocycles.